The first-order valence-corrected chi connectivity index (χ1v) is 10.7. The first-order chi connectivity index (χ1) is 13.9. The Kier molecular flexibility index (Phi) is 6.09. The Balaban J connectivity index is 1.83. The van der Waals surface area contributed by atoms with Crippen LogP contribution in [0.2, 0.25) is 0 Å². The molecule has 152 valence electrons. The zero-order valence-corrected chi connectivity index (χ0v) is 17.3. The van der Waals surface area contributed by atoms with Gasteiger partial charge in [0.2, 0.25) is 10.0 Å². The number of rotatable bonds is 7. The van der Waals surface area contributed by atoms with Gasteiger partial charge in [0.1, 0.15) is 0 Å². The predicted octanol–water partition coefficient (Wildman–Crippen LogP) is 2.86. The first-order valence-electron chi connectivity index (χ1n) is 9.25. The van der Waals surface area contributed by atoms with E-state index in [0.29, 0.717) is 30.2 Å². The molecule has 0 saturated carbocycles. The summed E-state index contributed by atoms with van der Waals surface area (Å²) in [6.07, 6.45) is 4.94. The molecular weight excluding hydrogens is 390 g/mol. The molecule has 3 rings (SSSR count). The highest BCUT2D eigenvalue weighted by Gasteiger charge is 2.24. The van der Waals surface area contributed by atoms with Gasteiger partial charge < -0.3 is 5.32 Å². The first kappa shape index (κ1) is 20.7. The minimum Gasteiger partial charge on any atom is -0.321 e. The van der Waals surface area contributed by atoms with Crippen molar-refractivity contribution in [2.75, 3.05) is 18.4 Å². The third-order valence-corrected chi connectivity index (χ3v) is 6.71. The van der Waals surface area contributed by atoms with E-state index in [4.69, 9.17) is 0 Å². The molecule has 0 radical (unpaired) electrons. The average Bonchev–Trinajstić information content (AvgIpc) is 3.24. The predicted molar refractivity (Wildman–Crippen MR) is 111 cm³/mol. The second kappa shape index (κ2) is 8.54. The summed E-state index contributed by atoms with van der Waals surface area (Å²) in [6.45, 7) is 6.02. The number of sulfonamides is 1. The Hall–Kier alpha value is -3.04. The van der Waals surface area contributed by atoms with Crippen LogP contribution < -0.4 is 5.32 Å². The number of amides is 1. The molecule has 0 aliphatic carbocycles. The fourth-order valence-corrected chi connectivity index (χ4v) is 4.63. The van der Waals surface area contributed by atoms with Gasteiger partial charge in [-0.15, -0.1) is 0 Å². The van der Waals surface area contributed by atoms with Gasteiger partial charge in [0, 0.05) is 31.0 Å². The molecule has 1 aromatic carbocycles. The number of aromatic nitrogens is 3. The molecule has 0 spiro atoms. The Bertz CT molecular complexity index is 1090. The van der Waals surface area contributed by atoms with Crippen molar-refractivity contribution in [1.29, 1.82) is 0 Å². The maximum Gasteiger partial charge on any atom is 0.255 e. The van der Waals surface area contributed by atoms with Crippen molar-refractivity contribution in [1.82, 2.24) is 19.1 Å². The van der Waals surface area contributed by atoms with E-state index < -0.39 is 15.9 Å². The molecule has 2 heterocycles. The molecule has 0 atom stereocenters. The highest BCUT2D eigenvalue weighted by molar-refractivity contribution is 7.89. The summed E-state index contributed by atoms with van der Waals surface area (Å²) in [5.74, 6) is 0.213. The van der Waals surface area contributed by atoms with Crippen LogP contribution in [-0.4, -0.2) is 46.5 Å². The number of hydrogen-bond donors (Lipinski definition) is 1. The minimum absolute atomic E-state index is 0.140. The third kappa shape index (κ3) is 4.36. The SMILES string of the molecule is CCN(CC)S(=O)(=O)c1cc(C(=O)Nc2ccc(-n3cccn3)nc2)ccc1C. The molecule has 1 amide bonds. The van der Waals surface area contributed by atoms with Crippen molar-refractivity contribution < 1.29 is 13.2 Å². The van der Waals surface area contributed by atoms with Gasteiger partial charge in [-0.05, 0) is 42.8 Å². The van der Waals surface area contributed by atoms with Crippen molar-refractivity contribution in [2.45, 2.75) is 25.7 Å². The number of benzene rings is 1. The van der Waals surface area contributed by atoms with Crippen LogP contribution in [0.4, 0.5) is 5.69 Å². The van der Waals surface area contributed by atoms with E-state index in [-0.39, 0.29) is 10.5 Å². The van der Waals surface area contributed by atoms with Crippen LogP contribution >= 0.6 is 0 Å². The van der Waals surface area contributed by atoms with E-state index in [9.17, 15) is 13.2 Å². The van der Waals surface area contributed by atoms with Gasteiger partial charge in [0.05, 0.1) is 16.8 Å². The summed E-state index contributed by atoms with van der Waals surface area (Å²) in [5.41, 5.74) is 1.36. The standard InChI is InChI=1S/C20H23N5O3S/c1-4-24(5-2)29(27,28)18-13-16(8-7-15(18)3)20(26)23-17-9-10-19(21-14-17)25-12-6-11-22-25/h6-14H,4-5H2,1-3H3,(H,23,26). The van der Waals surface area contributed by atoms with Crippen LogP contribution in [0.15, 0.2) is 59.9 Å². The molecule has 3 aromatic rings. The van der Waals surface area contributed by atoms with Crippen molar-refractivity contribution in [3.63, 3.8) is 0 Å². The number of carbonyl (C=O) groups excluding carboxylic acids is 1. The lowest BCUT2D eigenvalue weighted by Crippen LogP contribution is -2.31. The molecule has 0 bridgehead atoms. The van der Waals surface area contributed by atoms with Crippen LogP contribution in [-0.2, 0) is 10.0 Å². The zero-order valence-electron chi connectivity index (χ0n) is 16.5. The van der Waals surface area contributed by atoms with Crippen LogP contribution in [0.3, 0.4) is 0 Å². The van der Waals surface area contributed by atoms with Gasteiger partial charge in [0.15, 0.2) is 5.82 Å². The molecule has 1 N–H and O–H groups in total. The minimum atomic E-state index is -3.66. The van der Waals surface area contributed by atoms with Crippen molar-refractivity contribution in [3.05, 3.63) is 66.1 Å². The number of pyridine rings is 1. The highest BCUT2D eigenvalue weighted by Crippen LogP contribution is 2.22. The van der Waals surface area contributed by atoms with E-state index >= 15 is 0 Å². The smallest absolute Gasteiger partial charge is 0.255 e. The van der Waals surface area contributed by atoms with Crippen LogP contribution in [0.1, 0.15) is 29.8 Å². The molecule has 29 heavy (non-hydrogen) atoms. The van der Waals surface area contributed by atoms with Crippen molar-refractivity contribution >= 4 is 21.6 Å². The van der Waals surface area contributed by atoms with Crippen molar-refractivity contribution in [2.24, 2.45) is 0 Å². The Morgan fingerprint density at radius 1 is 1.17 bits per heavy atom. The zero-order chi connectivity index (χ0) is 21.0. The monoisotopic (exact) mass is 413 g/mol. The van der Waals surface area contributed by atoms with Gasteiger partial charge >= 0.3 is 0 Å². The summed E-state index contributed by atoms with van der Waals surface area (Å²) in [4.78, 5) is 17.1. The quantitative estimate of drug-likeness (QED) is 0.642. The molecule has 0 aliphatic rings. The van der Waals surface area contributed by atoms with Crippen LogP contribution in [0, 0.1) is 6.92 Å². The topological polar surface area (TPSA) is 97.2 Å². The number of anilines is 1. The Labute approximate surface area is 170 Å². The maximum absolute atomic E-state index is 12.9. The lowest BCUT2D eigenvalue weighted by Gasteiger charge is -2.20. The fourth-order valence-electron chi connectivity index (χ4n) is 2.92. The normalized spacial score (nSPS) is 11.6. The molecule has 0 aliphatic heterocycles. The number of nitrogens with one attached hydrogen (secondary N) is 1. The number of nitrogens with zero attached hydrogens (tertiary/aromatic N) is 4. The summed E-state index contributed by atoms with van der Waals surface area (Å²) in [7, 11) is -3.66. The fraction of sp³-hybridized carbons (Fsp3) is 0.250. The number of aryl methyl sites for hydroxylation is 1. The summed E-state index contributed by atoms with van der Waals surface area (Å²) in [6, 6.07) is 9.90. The molecule has 9 heteroatoms. The molecular formula is C20H23N5O3S. The van der Waals surface area contributed by atoms with Crippen LogP contribution in [0.25, 0.3) is 5.82 Å². The number of carbonyl (C=O) groups is 1. The van der Waals surface area contributed by atoms with Gasteiger partial charge in [-0.2, -0.15) is 9.40 Å². The van der Waals surface area contributed by atoms with E-state index in [1.807, 2.05) is 0 Å². The Morgan fingerprint density at radius 3 is 2.52 bits per heavy atom. The largest absolute Gasteiger partial charge is 0.321 e. The van der Waals surface area contributed by atoms with E-state index in [1.54, 1.807) is 68.2 Å². The molecule has 0 saturated heterocycles. The molecule has 2 aromatic heterocycles. The second-order valence-electron chi connectivity index (χ2n) is 6.38. The van der Waals surface area contributed by atoms with E-state index in [0.717, 1.165) is 0 Å². The highest BCUT2D eigenvalue weighted by atomic mass is 32.2. The second-order valence-corrected chi connectivity index (χ2v) is 8.29. The van der Waals surface area contributed by atoms with Crippen LogP contribution in [0.5, 0.6) is 0 Å². The van der Waals surface area contributed by atoms with Gasteiger partial charge in [-0.1, -0.05) is 19.9 Å². The van der Waals surface area contributed by atoms with Gasteiger partial charge in [-0.3, -0.25) is 4.79 Å². The van der Waals surface area contributed by atoms with Gasteiger partial charge in [-0.25, -0.2) is 18.1 Å². The molecule has 8 nitrogen and oxygen atoms in total. The van der Waals surface area contributed by atoms with Crippen molar-refractivity contribution in [3.8, 4) is 5.82 Å². The Morgan fingerprint density at radius 2 is 1.93 bits per heavy atom. The van der Waals surface area contributed by atoms with Gasteiger partial charge in [0.25, 0.3) is 5.91 Å². The summed E-state index contributed by atoms with van der Waals surface area (Å²) in [5, 5.41) is 6.85. The average molecular weight is 414 g/mol. The van der Waals surface area contributed by atoms with E-state index in [1.165, 1.54) is 16.6 Å². The molecule has 0 fully saturated rings. The van der Waals surface area contributed by atoms with E-state index in [2.05, 4.69) is 15.4 Å². The molecule has 0 unspecified atom stereocenters. The lowest BCUT2D eigenvalue weighted by atomic mass is 10.1. The number of hydrogen-bond acceptors (Lipinski definition) is 5. The summed E-state index contributed by atoms with van der Waals surface area (Å²) >= 11 is 0. The lowest BCUT2D eigenvalue weighted by molar-refractivity contribution is 0.102. The maximum atomic E-state index is 12.9. The summed E-state index contributed by atoms with van der Waals surface area (Å²) < 4.78 is 28.7. The third-order valence-electron chi connectivity index (χ3n) is 4.52.